The normalized spacial score (nSPS) is 16.5. The van der Waals surface area contributed by atoms with E-state index in [1.807, 2.05) is 24.3 Å². The lowest BCUT2D eigenvalue weighted by atomic mass is 9.95. The topological polar surface area (TPSA) is 67.5 Å². The first kappa shape index (κ1) is 11.4. The maximum Gasteiger partial charge on any atom is 0.275 e. The summed E-state index contributed by atoms with van der Waals surface area (Å²) < 4.78 is 0. The molecule has 0 saturated heterocycles. The molecule has 0 fully saturated rings. The smallest absolute Gasteiger partial charge is 0.275 e. The number of hydrogen-bond donors (Lipinski definition) is 1. The number of anilines is 1. The van der Waals surface area contributed by atoms with E-state index in [9.17, 15) is 10.1 Å². The zero-order chi connectivity index (χ0) is 13.2. The molecule has 0 aliphatic carbocycles. The minimum atomic E-state index is -0.366. The molecule has 0 saturated carbocycles. The first-order valence-corrected chi connectivity index (χ1v) is 5.88. The molecule has 1 aliphatic rings. The Morgan fingerprint density at radius 2 is 1.74 bits per heavy atom. The molecule has 0 bridgehead atoms. The van der Waals surface area contributed by atoms with Gasteiger partial charge in [-0.3, -0.25) is 15.1 Å². The lowest BCUT2D eigenvalue weighted by Gasteiger charge is -2.21. The molecule has 2 aromatic rings. The summed E-state index contributed by atoms with van der Waals surface area (Å²) in [4.78, 5) is 15.1. The Morgan fingerprint density at radius 1 is 1.05 bits per heavy atom. The van der Waals surface area contributed by atoms with Crippen molar-refractivity contribution in [2.75, 3.05) is 5.32 Å². The molecule has 3 rings (SSSR count). The van der Waals surface area contributed by atoms with Crippen LogP contribution in [0.3, 0.4) is 0 Å². The van der Waals surface area contributed by atoms with E-state index < -0.39 is 0 Å². The van der Waals surface area contributed by atoms with E-state index in [0.29, 0.717) is 5.56 Å². The van der Waals surface area contributed by atoms with Crippen LogP contribution in [-0.4, -0.2) is 11.3 Å². The van der Waals surface area contributed by atoms with Crippen LogP contribution in [0.5, 0.6) is 0 Å². The molecular formula is C14H11N3O2. The molecule has 94 valence electrons. The first-order chi connectivity index (χ1) is 9.27. The lowest BCUT2D eigenvalue weighted by Crippen LogP contribution is -2.12. The Morgan fingerprint density at radius 3 is 2.53 bits per heavy atom. The van der Waals surface area contributed by atoms with Crippen molar-refractivity contribution in [2.45, 2.75) is 6.04 Å². The van der Waals surface area contributed by atoms with Gasteiger partial charge in [-0.25, -0.2) is 0 Å². The Labute approximate surface area is 109 Å². The molecule has 1 heterocycles. The maximum absolute atomic E-state index is 11.1. The van der Waals surface area contributed by atoms with Crippen molar-refractivity contribution >= 4 is 17.7 Å². The molecule has 19 heavy (non-hydrogen) atoms. The lowest BCUT2D eigenvalue weighted by molar-refractivity contribution is -0.385. The molecule has 0 amide bonds. The second-order valence-electron chi connectivity index (χ2n) is 4.23. The Hall–Kier alpha value is -2.69. The summed E-state index contributed by atoms with van der Waals surface area (Å²) in [7, 11) is 0. The van der Waals surface area contributed by atoms with Crippen molar-refractivity contribution in [3.8, 4) is 0 Å². The van der Waals surface area contributed by atoms with Crippen LogP contribution in [0.4, 0.5) is 11.4 Å². The maximum atomic E-state index is 11.1. The third-order valence-corrected chi connectivity index (χ3v) is 3.13. The van der Waals surface area contributed by atoms with Crippen molar-refractivity contribution in [2.24, 2.45) is 4.99 Å². The second kappa shape index (κ2) is 4.53. The molecule has 0 spiro atoms. The largest absolute Gasteiger partial charge is 0.346 e. The van der Waals surface area contributed by atoms with Gasteiger partial charge >= 0.3 is 0 Å². The van der Waals surface area contributed by atoms with E-state index in [4.69, 9.17) is 0 Å². The Balaban J connectivity index is 2.15. The van der Waals surface area contributed by atoms with Crippen LogP contribution in [0.1, 0.15) is 17.2 Å². The highest BCUT2D eigenvalue weighted by Crippen LogP contribution is 2.37. The van der Waals surface area contributed by atoms with Gasteiger partial charge < -0.3 is 5.32 Å². The summed E-state index contributed by atoms with van der Waals surface area (Å²) in [5.41, 5.74) is 2.58. The average Bonchev–Trinajstić information content (AvgIpc) is 2.46. The van der Waals surface area contributed by atoms with Crippen LogP contribution >= 0.6 is 0 Å². The molecule has 5 heteroatoms. The van der Waals surface area contributed by atoms with Crippen molar-refractivity contribution < 1.29 is 4.92 Å². The molecule has 2 aromatic carbocycles. The first-order valence-electron chi connectivity index (χ1n) is 5.88. The molecule has 0 aromatic heterocycles. The summed E-state index contributed by atoms with van der Waals surface area (Å²) in [6.45, 7) is 0. The monoisotopic (exact) mass is 253 g/mol. The predicted octanol–water partition coefficient (Wildman–Crippen LogP) is 3.14. The number of nitro groups is 1. The summed E-state index contributed by atoms with van der Waals surface area (Å²) in [6.07, 6.45) is 1.59. The van der Waals surface area contributed by atoms with Gasteiger partial charge in [-0.15, -0.1) is 0 Å². The highest BCUT2D eigenvalue weighted by molar-refractivity contribution is 5.81. The van der Waals surface area contributed by atoms with E-state index in [0.717, 1.165) is 11.3 Å². The number of hydrogen-bond acceptors (Lipinski definition) is 4. The van der Waals surface area contributed by atoms with Crippen molar-refractivity contribution in [3.05, 3.63) is 69.8 Å². The van der Waals surface area contributed by atoms with E-state index >= 15 is 0 Å². The van der Waals surface area contributed by atoms with Crippen molar-refractivity contribution in [1.82, 2.24) is 0 Å². The van der Waals surface area contributed by atoms with Gasteiger partial charge in [0.1, 0.15) is 6.04 Å². The van der Waals surface area contributed by atoms with Gasteiger partial charge in [0.25, 0.3) is 5.69 Å². The number of benzene rings is 2. The second-order valence-corrected chi connectivity index (χ2v) is 4.23. The highest BCUT2D eigenvalue weighted by Gasteiger charge is 2.25. The van der Waals surface area contributed by atoms with E-state index in [1.54, 1.807) is 24.5 Å². The summed E-state index contributed by atoms with van der Waals surface area (Å²) in [5, 5.41) is 14.2. The number of nitro benzene ring substituents is 1. The van der Waals surface area contributed by atoms with Crippen LogP contribution in [0.15, 0.2) is 53.5 Å². The summed E-state index contributed by atoms with van der Waals surface area (Å²) in [5.74, 6) is 0. The summed E-state index contributed by atoms with van der Waals surface area (Å²) >= 11 is 0. The molecular weight excluding hydrogens is 242 g/mol. The van der Waals surface area contributed by atoms with Crippen molar-refractivity contribution in [1.29, 1.82) is 0 Å². The molecule has 0 unspecified atom stereocenters. The average molecular weight is 253 g/mol. The van der Waals surface area contributed by atoms with E-state index in [1.165, 1.54) is 6.07 Å². The zero-order valence-corrected chi connectivity index (χ0v) is 9.98. The molecule has 1 N–H and O–H groups in total. The van der Waals surface area contributed by atoms with Gasteiger partial charge in [-0.05, 0) is 12.1 Å². The summed E-state index contributed by atoms with van der Waals surface area (Å²) in [6, 6.07) is 14.1. The third kappa shape index (κ3) is 1.95. The molecule has 1 atom stereocenters. The van der Waals surface area contributed by atoms with Gasteiger partial charge in [0.15, 0.2) is 0 Å². The van der Waals surface area contributed by atoms with Gasteiger partial charge in [-0.2, -0.15) is 0 Å². The number of nitrogens with one attached hydrogen (secondary N) is 1. The van der Waals surface area contributed by atoms with Crippen LogP contribution in [0, 0.1) is 10.1 Å². The number of rotatable bonds is 2. The minimum Gasteiger partial charge on any atom is -0.346 e. The van der Waals surface area contributed by atoms with Crippen LogP contribution in [0.2, 0.25) is 0 Å². The highest BCUT2D eigenvalue weighted by atomic mass is 16.6. The van der Waals surface area contributed by atoms with Gasteiger partial charge in [0, 0.05) is 17.3 Å². The molecule has 5 nitrogen and oxygen atoms in total. The third-order valence-electron chi connectivity index (χ3n) is 3.13. The van der Waals surface area contributed by atoms with Gasteiger partial charge in [0.05, 0.1) is 16.8 Å². The van der Waals surface area contributed by atoms with Gasteiger partial charge in [0.2, 0.25) is 0 Å². The molecule has 0 radical (unpaired) electrons. The van der Waals surface area contributed by atoms with Gasteiger partial charge in [-0.1, -0.05) is 30.3 Å². The fourth-order valence-corrected chi connectivity index (χ4v) is 2.26. The van der Waals surface area contributed by atoms with Crippen molar-refractivity contribution in [3.63, 3.8) is 0 Å². The zero-order valence-electron chi connectivity index (χ0n) is 9.98. The number of para-hydroxylation sites is 2. The number of nitrogens with zero attached hydrogens (tertiary/aromatic N) is 2. The van der Waals surface area contributed by atoms with E-state index in [2.05, 4.69) is 10.3 Å². The molecule has 1 aliphatic heterocycles. The SMILES string of the molecule is O=[N+]([O-])c1ccccc1[C@@H]1N=CNc2ccccc21. The van der Waals surface area contributed by atoms with Crippen LogP contribution in [0.25, 0.3) is 0 Å². The standard InChI is InChI=1S/C14H11N3O2/c18-17(19)13-8-4-2-6-11(13)14-10-5-1-3-7-12(10)15-9-16-14/h1-9,14H,(H,15,16)/t14-/m1/s1. The minimum absolute atomic E-state index is 0.0985. The van der Waals surface area contributed by atoms with Crippen LogP contribution in [-0.2, 0) is 0 Å². The van der Waals surface area contributed by atoms with E-state index in [-0.39, 0.29) is 16.7 Å². The quantitative estimate of drug-likeness (QED) is 0.660. The fraction of sp³-hybridized carbons (Fsp3) is 0.0714. The van der Waals surface area contributed by atoms with Crippen LogP contribution < -0.4 is 5.32 Å². The Bertz CT molecular complexity index is 667. The number of fused-ring (bicyclic) bond motifs is 1. The fourth-order valence-electron chi connectivity index (χ4n) is 2.26. The number of aliphatic imine (C=N–C) groups is 1. The Kier molecular flexibility index (Phi) is 2.72. The predicted molar refractivity (Wildman–Crippen MR) is 73.5 cm³/mol.